The zero-order valence-electron chi connectivity index (χ0n) is 12.0. The molecule has 0 amide bonds. The number of carbonyl (C=O) groups is 1. The Kier molecular flexibility index (Phi) is 3.87. The maximum absolute atomic E-state index is 12.5. The van der Waals surface area contributed by atoms with Gasteiger partial charge in [-0.25, -0.2) is 17.8 Å². The van der Waals surface area contributed by atoms with Crippen LogP contribution in [-0.4, -0.2) is 22.9 Å². The number of hydrogen-bond acceptors (Lipinski definition) is 4. The molecule has 7 heteroatoms. The number of benzene rings is 1. The number of imidazole rings is 1. The van der Waals surface area contributed by atoms with Crippen LogP contribution in [0.25, 0.3) is 0 Å². The predicted octanol–water partition coefficient (Wildman–Crippen LogP) is 1.55. The van der Waals surface area contributed by atoms with E-state index >= 15 is 0 Å². The molecule has 0 aliphatic rings. The van der Waals surface area contributed by atoms with Crippen molar-refractivity contribution in [3.63, 3.8) is 0 Å². The van der Waals surface area contributed by atoms with Crippen molar-refractivity contribution in [1.29, 1.82) is 0 Å². The Bertz CT molecular complexity index is 859. The van der Waals surface area contributed by atoms with Crippen molar-refractivity contribution in [2.45, 2.75) is 32.1 Å². The first-order chi connectivity index (χ1) is 9.78. The Labute approximate surface area is 122 Å². The van der Waals surface area contributed by atoms with Gasteiger partial charge in [0.25, 0.3) is 10.0 Å². The van der Waals surface area contributed by atoms with Crippen LogP contribution in [0.2, 0.25) is 0 Å². The van der Waals surface area contributed by atoms with E-state index in [9.17, 15) is 18.0 Å². The molecule has 0 N–H and O–H groups in total. The minimum Gasteiger partial charge on any atom is -0.274 e. The van der Waals surface area contributed by atoms with Crippen LogP contribution in [-0.2, 0) is 10.0 Å². The number of hydrogen-bond donors (Lipinski definition) is 0. The van der Waals surface area contributed by atoms with Crippen molar-refractivity contribution in [3.05, 3.63) is 52.2 Å². The molecule has 1 heterocycles. The van der Waals surface area contributed by atoms with Crippen molar-refractivity contribution in [3.8, 4) is 0 Å². The number of aromatic nitrogens is 2. The second-order valence-electron chi connectivity index (χ2n) is 4.74. The van der Waals surface area contributed by atoms with Gasteiger partial charge < -0.3 is 0 Å². The molecule has 0 bridgehead atoms. The Balaban J connectivity index is 2.60. The topological polar surface area (TPSA) is 78.1 Å². The lowest BCUT2D eigenvalue weighted by Gasteiger charge is -2.07. The molecule has 0 radical (unpaired) electrons. The minimum atomic E-state index is -4.00. The molecular formula is C14H16N2O4S. The van der Waals surface area contributed by atoms with E-state index in [1.807, 2.05) is 6.92 Å². The molecule has 0 unspecified atom stereocenters. The molecule has 1 aromatic heterocycles. The average molecular weight is 308 g/mol. The normalized spacial score (nSPS) is 11.6. The Morgan fingerprint density at radius 1 is 1.14 bits per heavy atom. The summed E-state index contributed by atoms with van der Waals surface area (Å²) in [7, 11) is -4.00. The highest BCUT2D eigenvalue weighted by molar-refractivity contribution is 7.90. The number of carbonyl (C=O) groups excluding carboxylic acids is 1. The fraction of sp³-hybridized carbons (Fsp3) is 0.286. The Morgan fingerprint density at radius 2 is 1.81 bits per heavy atom. The van der Waals surface area contributed by atoms with E-state index in [0.717, 1.165) is 21.9 Å². The third-order valence-electron chi connectivity index (χ3n) is 3.35. The summed E-state index contributed by atoms with van der Waals surface area (Å²) < 4.78 is 26.4. The van der Waals surface area contributed by atoms with E-state index in [1.165, 1.54) is 18.3 Å². The molecule has 0 aliphatic heterocycles. The van der Waals surface area contributed by atoms with Crippen molar-refractivity contribution >= 4 is 15.9 Å². The third-order valence-corrected chi connectivity index (χ3v) is 5.00. The standard InChI is InChI=1S/C14H16N2O4S/c1-4-13(17)15-7-8-16(14(15)18)21(19,20)12-6-5-10(2)11(3)9-12/h5-9H,4H2,1-3H3. The lowest BCUT2D eigenvalue weighted by atomic mass is 10.1. The van der Waals surface area contributed by atoms with E-state index in [0.29, 0.717) is 3.97 Å². The molecule has 2 aromatic rings. The molecule has 2 rings (SSSR count). The predicted molar refractivity (Wildman–Crippen MR) is 78.1 cm³/mol. The summed E-state index contributed by atoms with van der Waals surface area (Å²) in [5, 5.41) is 0. The van der Waals surface area contributed by atoms with E-state index < -0.39 is 21.6 Å². The van der Waals surface area contributed by atoms with Crippen molar-refractivity contribution in [2.75, 3.05) is 0 Å². The van der Waals surface area contributed by atoms with Gasteiger partial charge in [-0.15, -0.1) is 0 Å². The molecule has 0 saturated heterocycles. The molecule has 0 fully saturated rings. The molecule has 1 aromatic carbocycles. The van der Waals surface area contributed by atoms with E-state index in [2.05, 4.69) is 0 Å². The molecule has 112 valence electrons. The summed E-state index contributed by atoms with van der Waals surface area (Å²) in [6.07, 6.45) is 2.39. The van der Waals surface area contributed by atoms with Crippen molar-refractivity contribution in [2.24, 2.45) is 0 Å². The van der Waals surface area contributed by atoms with Crippen LogP contribution in [0.3, 0.4) is 0 Å². The lowest BCUT2D eigenvalue weighted by molar-refractivity contribution is 0.0904. The summed E-state index contributed by atoms with van der Waals surface area (Å²) >= 11 is 0. The molecular weight excluding hydrogens is 292 g/mol. The largest absolute Gasteiger partial charge is 0.349 e. The highest BCUT2D eigenvalue weighted by Crippen LogP contribution is 2.16. The van der Waals surface area contributed by atoms with Gasteiger partial charge in [0, 0.05) is 18.8 Å². The van der Waals surface area contributed by atoms with Crippen molar-refractivity contribution < 1.29 is 13.2 Å². The first kappa shape index (κ1) is 15.2. The second-order valence-corrected chi connectivity index (χ2v) is 6.56. The molecule has 6 nitrogen and oxygen atoms in total. The summed E-state index contributed by atoms with van der Waals surface area (Å²) in [4.78, 5) is 23.7. The van der Waals surface area contributed by atoms with Gasteiger partial charge in [-0.1, -0.05) is 13.0 Å². The Morgan fingerprint density at radius 3 is 2.38 bits per heavy atom. The molecule has 0 spiro atoms. The quantitative estimate of drug-likeness (QED) is 0.862. The first-order valence-electron chi connectivity index (χ1n) is 6.45. The van der Waals surface area contributed by atoms with Gasteiger partial charge >= 0.3 is 5.69 Å². The van der Waals surface area contributed by atoms with Crippen LogP contribution in [0.1, 0.15) is 29.3 Å². The van der Waals surface area contributed by atoms with Gasteiger partial charge in [0.1, 0.15) is 0 Å². The van der Waals surface area contributed by atoms with Gasteiger partial charge in [-0.05, 0) is 37.1 Å². The molecule has 0 aliphatic carbocycles. The van der Waals surface area contributed by atoms with Gasteiger partial charge in [0.15, 0.2) is 0 Å². The highest BCUT2D eigenvalue weighted by atomic mass is 32.2. The van der Waals surface area contributed by atoms with Crippen LogP contribution < -0.4 is 5.69 Å². The van der Waals surface area contributed by atoms with Crippen LogP contribution in [0.4, 0.5) is 0 Å². The van der Waals surface area contributed by atoms with Gasteiger partial charge in [-0.2, -0.15) is 3.97 Å². The van der Waals surface area contributed by atoms with Crippen molar-refractivity contribution in [1.82, 2.24) is 8.54 Å². The monoisotopic (exact) mass is 308 g/mol. The maximum atomic E-state index is 12.5. The smallest absolute Gasteiger partial charge is 0.274 e. The van der Waals surface area contributed by atoms with Crippen LogP contribution in [0.15, 0.2) is 40.3 Å². The van der Waals surface area contributed by atoms with Crippen LogP contribution in [0.5, 0.6) is 0 Å². The fourth-order valence-electron chi connectivity index (χ4n) is 1.89. The SMILES string of the molecule is CCC(=O)n1ccn(S(=O)(=O)c2ccc(C)c(C)c2)c1=O. The highest BCUT2D eigenvalue weighted by Gasteiger charge is 2.22. The number of rotatable bonds is 3. The molecule has 0 atom stereocenters. The maximum Gasteiger partial charge on any atom is 0.349 e. The van der Waals surface area contributed by atoms with Gasteiger partial charge in [0.05, 0.1) is 4.90 Å². The van der Waals surface area contributed by atoms with Gasteiger partial charge in [0.2, 0.25) is 5.91 Å². The third kappa shape index (κ3) is 2.56. The summed E-state index contributed by atoms with van der Waals surface area (Å²) in [6, 6.07) is 4.64. The zero-order valence-corrected chi connectivity index (χ0v) is 12.8. The minimum absolute atomic E-state index is 0.0226. The summed E-state index contributed by atoms with van der Waals surface area (Å²) in [6.45, 7) is 5.27. The van der Waals surface area contributed by atoms with Gasteiger partial charge in [-0.3, -0.25) is 4.79 Å². The van der Waals surface area contributed by atoms with E-state index in [-0.39, 0.29) is 11.3 Å². The van der Waals surface area contributed by atoms with E-state index in [1.54, 1.807) is 19.9 Å². The van der Waals surface area contributed by atoms with Crippen LogP contribution in [0, 0.1) is 13.8 Å². The van der Waals surface area contributed by atoms with Crippen LogP contribution >= 0.6 is 0 Å². The average Bonchev–Trinajstić information content (AvgIpc) is 2.83. The lowest BCUT2D eigenvalue weighted by Crippen LogP contribution is -2.32. The number of nitrogens with zero attached hydrogens (tertiary/aromatic N) is 2. The number of aryl methyl sites for hydroxylation is 2. The Hall–Kier alpha value is -2.15. The van der Waals surface area contributed by atoms with E-state index in [4.69, 9.17) is 0 Å². The molecule has 0 saturated carbocycles. The fourth-order valence-corrected chi connectivity index (χ4v) is 3.19. The first-order valence-corrected chi connectivity index (χ1v) is 7.89. The molecule has 21 heavy (non-hydrogen) atoms. The second kappa shape index (κ2) is 5.33. The summed E-state index contributed by atoms with van der Waals surface area (Å²) in [5.74, 6) is -0.450. The zero-order chi connectivity index (χ0) is 15.8. The summed E-state index contributed by atoms with van der Waals surface area (Å²) in [5.41, 5.74) is 0.897.